The molecule has 96 valence electrons. The summed E-state index contributed by atoms with van der Waals surface area (Å²) in [6, 6.07) is 1.31. The molecule has 1 N–H and O–H groups in total. The summed E-state index contributed by atoms with van der Waals surface area (Å²) in [5.41, 5.74) is 1.23. The van der Waals surface area contributed by atoms with E-state index in [4.69, 9.17) is 0 Å². The van der Waals surface area contributed by atoms with E-state index in [2.05, 4.69) is 49.7 Å². The summed E-state index contributed by atoms with van der Waals surface area (Å²) in [5.74, 6) is 0. The molecule has 17 heavy (non-hydrogen) atoms. The van der Waals surface area contributed by atoms with Gasteiger partial charge in [0.15, 0.2) is 4.73 Å². The standard InChI is InChI=1S/C12H21BrN4/c1-9-6-10(4-5-16(9)2)14-7-11-8-15-12(13)17(11)3/h8-10,14H,4-7H2,1-3H3. The van der Waals surface area contributed by atoms with E-state index >= 15 is 0 Å². The topological polar surface area (TPSA) is 33.1 Å². The van der Waals surface area contributed by atoms with Gasteiger partial charge in [0.05, 0.1) is 11.9 Å². The second-order valence-electron chi connectivity index (χ2n) is 5.01. The molecule has 0 bridgehead atoms. The summed E-state index contributed by atoms with van der Waals surface area (Å²) in [6.45, 7) is 4.39. The highest BCUT2D eigenvalue weighted by Crippen LogP contribution is 2.16. The number of rotatable bonds is 3. The van der Waals surface area contributed by atoms with E-state index in [-0.39, 0.29) is 0 Å². The fraction of sp³-hybridized carbons (Fsp3) is 0.750. The normalized spacial score (nSPS) is 26.4. The smallest absolute Gasteiger partial charge is 0.177 e. The zero-order valence-corrected chi connectivity index (χ0v) is 12.4. The third-order valence-corrected chi connectivity index (χ3v) is 4.54. The quantitative estimate of drug-likeness (QED) is 0.923. The highest BCUT2D eigenvalue weighted by molar-refractivity contribution is 9.10. The van der Waals surface area contributed by atoms with Crippen molar-refractivity contribution in [1.29, 1.82) is 0 Å². The molecule has 0 saturated carbocycles. The maximum atomic E-state index is 4.24. The van der Waals surface area contributed by atoms with E-state index in [9.17, 15) is 0 Å². The fourth-order valence-corrected chi connectivity index (χ4v) is 2.64. The lowest BCUT2D eigenvalue weighted by Gasteiger charge is -2.35. The molecule has 2 atom stereocenters. The molecule has 1 fully saturated rings. The number of aromatic nitrogens is 2. The van der Waals surface area contributed by atoms with E-state index in [1.165, 1.54) is 25.1 Å². The lowest BCUT2D eigenvalue weighted by atomic mass is 9.99. The van der Waals surface area contributed by atoms with Crippen molar-refractivity contribution in [3.63, 3.8) is 0 Å². The summed E-state index contributed by atoms with van der Waals surface area (Å²) in [5, 5.41) is 3.63. The number of likely N-dealkylation sites (tertiary alicyclic amines) is 1. The second kappa shape index (κ2) is 5.50. The molecule has 1 aliphatic heterocycles. The Morgan fingerprint density at radius 1 is 1.53 bits per heavy atom. The van der Waals surface area contributed by atoms with Crippen LogP contribution in [0, 0.1) is 0 Å². The zero-order valence-electron chi connectivity index (χ0n) is 10.8. The summed E-state index contributed by atoms with van der Waals surface area (Å²) in [7, 11) is 4.24. The maximum absolute atomic E-state index is 4.24. The Hall–Kier alpha value is -0.390. The molecule has 0 spiro atoms. The van der Waals surface area contributed by atoms with Crippen molar-refractivity contribution >= 4 is 15.9 Å². The van der Waals surface area contributed by atoms with Crippen molar-refractivity contribution in [3.8, 4) is 0 Å². The van der Waals surface area contributed by atoms with Crippen molar-refractivity contribution in [2.24, 2.45) is 7.05 Å². The monoisotopic (exact) mass is 300 g/mol. The molecular weight excluding hydrogens is 280 g/mol. The Bertz CT molecular complexity index is 377. The minimum atomic E-state index is 0.634. The van der Waals surface area contributed by atoms with Crippen LogP contribution in [0.5, 0.6) is 0 Å². The van der Waals surface area contributed by atoms with Crippen molar-refractivity contribution < 1.29 is 0 Å². The predicted molar refractivity (Wildman–Crippen MR) is 72.9 cm³/mol. The van der Waals surface area contributed by atoms with Gasteiger partial charge in [-0.3, -0.25) is 0 Å². The first-order chi connectivity index (χ1) is 8.08. The number of nitrogens with one attached hydrogen (secondary N) is 1. The Morgan fingerprint density at radius 2 is 2.29 bits per heavy atom. The van der Waals surface area contributed by atoms with Gasteiger partial charge in [-0.2, -0.15) is 0 Å². The summed E-state index contributed by atoms with van der Waals surface area (Å²) in [6.07, 6.45) is 4.39. The minimum Gasteiger partial charge on any atom is -0.325 e. The van der Waals surface area contributed by atoms with Gasteiger partial charge in [-0.15, -0.1) is 0 Å². The minimum absolute atomic E-state index is 0.634. The molecule has 0 radical (unpaired) electrons. The third-order valence-electron chi connectivity index (χ3n) is 3.81. The van der Waals surface area contributed by atoms with Crippen LogP contribution in [-0.2, 0) is 13.6 Å². The van der Waals surface area contributed by atoms with Gasteiger partial charge in [-0.25, -0.2) is 4.98 Å². The first-order valence-electron chi connectivity index (χ1n) is 6.17. The number of imidazole rings is 1. The number of halogens is 1. The molecule has 1 aromatic rings. The molecule has 1 saturated heterocycles. The van der Waals surface area contributed by atoms with Crippen LogP contribution in [0.3, 0.4) is 0 Å². The second-order valence-corrected chi connectivity index (χ2v) is 5.72. The lowest BCUT2D eigenvalue weighted by Crippen LogP contribution is -2.45. The van der Waals surface area contributed by atoms with Gasteiger partial charge in [-0.1, -0.05) is 0 Å². The Labute approximate surface area is 112 Å². The van der Waals surface area contributed by atoms with Crippen molar-refractivity contribution in [3.05, 3.63) is 16.6 Å². The molecule has 2 unspecified atom stereocenters. The van der Waals surface area contributed by atoms with Gasteiger partial charge in [-0.05, 0) is 49.3 Å². The number of hydrogen-bond donors (Lipinski definition) is 1. The average Bonchev–Trinajstić information content (AvgIpc) is 2.62. The van der Waals surface area contributed by atoms with Crippen LogP contribution < -0.4 is 5.32 Å². The van der Waals surface area contributed by atoms with Gasteiger partial charge in [0.1, 0.15) is 0 Å². The van der Waals surface area contributed by atoms with Crippen LogP contribution in [0.2, 0.25) is 0 Å². The maximum Gasteiger partial charge on any atom is 0.177 e. The van der Waals surface area contributed by atoms with Crippen LogP contribution >= 0.6 is 15.9 Å². The Morgan fingerprint density at radius 3 is 2.88 bits per heavy atom. The fourth-order valence-electron chi connectivity index (χ4n) is 2.31. The van der Waals surface area contributed by atoms with Crippen molar-refractivity contribution in [2.75, 3.05) is 13.6 Å². The van der Waals surface area contributed by atoms with Gasteiger partial charge >= 0.3 is 0 Å². The molecule has 0 aliphatic carbocycles. The van der Waals surface area contributed by atoms with E-state index in [1.807, 2.05) is 13.2 Å². The van der Waals surface area contributed by atoms with Gasteiger partial charge in [0.2, 0.25) is 0 Å². The van der Waals surface area contributed by atoms with Gasteiger partial charge in [0.25, 0.3) is 0 Å². The number of nitrogens with zero attached hydrogens (tertiary/aromatic N) is 3. The molecule has 1 aliphatic rings. The molecular formula is C12H21BrN4. The predicted octanol–water partition coefficient (Wildman–Crippen LogP) is 1.75. The first kappa shape index (κ1) is 13.1. The van der Waals surface area contributed by atoms with Crippen LogP contribution in [0.4, 0.5) is 0 Å². The van der Waals surface area contributed by atoms with Crippen LogP contribution in [0.1, 0.15) is 25.5 Å². The van der Waals surface area contributed by atoms with Gasteiger partial charge in [0, 0.05) is 25.7 Å². The van der Waals surface area contributed by atoms with Crippen molar-refractivity contribution in [2.45, 2.75) is 38.4 Å². The van der Waals surface area contributed by atoms with E-state index in [1.54, 1.807) is 0 Å². The van der Waals surface area contributed by atoms with Crippen LogP contribution in [-0.4, -0.2) is 40.1 Å². The number of hydrogen-bond acceptors (Lipinski definition) is 3. The van der Waals surface area contributed by atoms with E-state index in [0.29, 0.717) is 12.1 Å². The summed E-state index contributed by atoms with van der Waals surface area (Å²) >= 11 is 3.42. The molecule has 2 rings (SSSR count). The lowest BCUT2D eigenvalue weighted by molar-refractivity contribution is 0.167. The van der Waals surface area contributed by atoms with Crippen LogP contribution in [0.25, 0.3) is 0 Å². The molecule has 1 aromatic heterocycles. The first-order valence-corrected chi connectivity index (χ1v) is 6.97. The summed E-state index contributed by atoms with van der Waals surface area (Å²) in [4.78, 5) is 6.67. The SMILES string of the molecule is CC1CC(NCc2cnc(Br)n2C)CCN1C. The molecule has 5 heteroatoms. The Kier molecular flexibility index (Phi) is 4.22. The molecule has 4 nitrogen and oxygen atoms in total. The third kappa shape index (κ3) is 3.09. The zero-order chi connectivity index (χ0) is 12.4. The molecule has 0 aromatic carbocycles. The average molecular weight is 301 g/mol. The Balaban J connectivity index is 1.85. The highest BCUT2D eigenvalue weighted by atomic mass is 79.9. The molecule has 2 heterocycles. The number of piperidine rings is 1. The summed E-state index contributed by atoms with van der Waals surface area (Å²) < 4.78 is 2.97. The van der Waals surface area contributed by atoms with E-state index < -0.39 is 0 Å². The highest BCUT2D eigenvalue weighted by Gasteiger charge is 2.22. The van der Waals surface area contributed by atoms with Crippen molar-refractivity contribution in [1.82, 2.24) is 19.8 Å². The van der Waals surface area contributed by atoms with Crippen LogP contribution in [0.15, 0.2) is 10.9 Å². The molecule has 0 amide bonds. The van der Waals surface area contributed by atoms with Gasteiger partial charge < -0.3 is 14.8 Å². The largest absolute Gasteiger partial charge is 0.325 e. The van der Waals surface area contributed by atoms with E-state index in [0.717, 1.165) is 11.3 Å².